The van der Waals surface area contributed by atoms with Gasteiger partial charge in [-0.25, -0.2) is 0 Å². The average molecular weight is 257 g/mol. The summed E-state index contributed by atoms with van der Waals surface area (Å²) in [5.74, 6) is -0.0922. The highest BCUT2D eigenvalue weighted by Gasteiger charge is 2.13. The van der Waals surface area contributed by atoms with Crippen LogP contribution in [0.25, 0.3) is 0 Å². The van der Waals surface area contributed by atoms with Gasteiger partial charge in [0.15, 0.2) is 0 Å². The van der Waals surface area contributed by atoms with E-state index >= 15 is 0 Å². The molecule has 1 unspecified atom stereocenters. The summed E-state index contributed by atoms with van der Waals surface area (Å²) in [6, 6.07) is 5.04. The number of amides is 1. The van der Waals surface area contributed by atoms with E-state index in [2.05, 4.69) is 0 Å². The Balaban J connectivity index is 2.80. The standard InChI is InChI=1S/C12H17ClN2O2/c1-7(12(15)16)6-17-11-4-3-9(13)5-10(11)8(2)14/h3-5,7-8H,6,14H2,1-2H3,(H2,15,16)/t7?,8-/m1/s1. The molecule has 4 N–H and O–H groups in total. The molecule has 0 bridgehead atoms. The number of carbonyl (C=O) groups is 1. The van der Waals surface area contributed by atoms with Gasteiger partial charge >= 0.3 is 0 Å². The van der Waals surface area contributed by atoms with Gasteiger partial charge in [0.05, 0.1) is 12.5 Å². The molecule has 1 aromatic carbocycles. The van der Waals surface area contributed by atoms with E-state index < -0.39 is 0 Å². The Morgan fingerprint density at radius 3 is 2.65 bits per heavy atom. The Labute approximate surface area is 106 Å². The molecule has 0 aliphatic heterocycles. The van der Waals surface area contributed by atoms with Crippen LogP contribution in [0.3, 0.4) is 0 Å². The van der Waals surface area contributed by atoms with Crippen LogP contribution in [0.1, 0.15) is 25.5 Å². The van der Waals surface area contributed by atoms with Crippen molar-refractivity contribution in [1.29, 1.82) is 0 Å². The summed E-state index contributed by atoms with van der Waals surface area (Å²) >= 11 is 5.89. The van der Waals surface area contributed by atoms with E-state index in [0.29, 0.717) is 10.8 Å². The summed E-state index contributed by atoms with van der Waals surface area (Å²) < 4.78 is 5.54. The van der Waals surface area contributed by atoms with Gasteiger partial charge in [0.25, 0.3) is 0 Å². The molecule has 94 valence electrons. The minimum atomic E-state index is -0.388. The molecule has 0 aliphatic rings. The molecule has 1 aromatic rings. The lowest BCUT2D eigenvalue weighted by Gasteiger charge is -2.16. The van der Waals surface area contributed by atoms with E-state index in [0.717, 1.165) is 5.56 Å². The Morgan fingerprint density at radius 2 is 2.12 bits per heavy atom. The molecule has 5 heteroatoms. The molecular formula is C12H17ClN2O2. The first-order valence-corrected chi connectivity index (χ1v) is 5.76. The second-order valence-electron chi connectivity index (χ2n) is 4.09. The second kappa shape index (κ2) is 5.89. The Morgan fingerprint density at radius 1 is 1.47 bits per heavy atom. The average Bonchev–Trinajstić information content (AvgIpc) is 2.26. The molecule has 0 heterocycles. The van der Waals surface area contributed by atoms with Gasteiger partial charge in [-0.1, -0.05) is 18.5 Å². The van der Waals surface area contributed by atoms with Crippen LogP contribution in [0.15, 0.2) is 18.2 Å². The van der Waals surface area contributed by atoms with E-state index in [1.807, 2.05) is 6.92 Å². The van der Waals surface area contributed by atoms with Gasteiger partial charge in [-0.3, -0.25) is 4.79 Å². The molecular weight excluding hydrogens is 240 g/mol. The fraction of sp³-hybridized carbons (Fsp3) is 0.417. The lowest BCUT2D eigenvalue weighted by molar-refractivity contribution is -0.122. The van der Waals surface area contributed by atoms with Gasteiger partial charge in [-0.15, -0.1) is 0 Å². The lowest BCUT2D eigenvalue weighted by Crippen LogP contribution is -2.26. The van der Waals surface area contributed by atoms with Crippen molar-refractivity contribution >= 4 is 17.5 Å². The van der Waals surface area contributed by atoms with Gasteiger partial charge in [0.2, 0.25) is 5.91 Å². The lowest BCUT2D eigenvalue weighted by atomic mass is 10.1. The maximum atomic E-state index is 10.9. The number of ether oxygens (including phenoxy) is 1. The van der Waals surface area contributed by atoms with Crippen LogP contribution < -0.4 is 16.2 Å². The summed E-state index contributed by atoms with van der Waals surface area (Å²) in [6.07, 6.45) is 0. The largest absolute Gasteiger partial charge is 0.492 e. The zero-order chi connectivity index (χ0) is 13.0. The number of benzene rings is 1. The van der Waals surface area contributed by atoms with Gasteiger partial charge in [-0.2, -0.15) is 0 Å². The Hall–Kier alpha value is -1.26. The van der Waals surface area contributed by atoms with E-state index in [1.54, 1.807) is 25.1 Å². The van der Waals surface area contributed by atoms with Crippen LogP contribution in [0, 0.1) is 5.92 Å². The smallest absolute Gasteiger partial charge is 0.223 e. The normalized spacial score (nSPS) is 14.1. The molecule has 0 spiro atoms. The van der Waals surface area contributed by atoms with Crippen LogP contribution in [-0.4, -0.2) is 12.5 Å². The minimum Gasteiger partial charge on any atom is -0.492 e. The predicted molar refractivity (Wildman–Crippen MR) is 67.9 cm³/mol. The molecule has 0 aliphatic carbocycles. The van der Waals surface area contributed by atoms with Crippen molar-refractivity contribution in [2.24, 2.45) is 17.4 Å². The van der Waals surface area contributed by atoms with Crippen LogP contribution in [0.5, 0.6) is 5.75 Å². The summed E-state index contributed by atoms with van der Waals surface area (Å²) in [5.41, 5.74) is 11.8. The van der Waals surface area contributed by atoms with Crippen LogP contribution in [0.2, 0.25) is 5.02 Å². The SMILES string of the molecule is CC(COc1ccc(Cl)cc1[C@@H](C)N)C(N)=O. The molecule has 2 atom stereocenters. The predicted octanol–water partition coefficient (Wildman–Crippen LogP) is 1.86. The van der Waals surface area contributed by atoms with Crippen molar-refractivity contribution in [2.45, 2.75) is 19.9 Å². The molecule has 0 saturated carbocycles. The number of hydrogen-bond donors (Lipinski definition) is 2. The number of halogens is 1. The monoisotopic (exact) mass is 256 g/mol. The topological polar surface area (TPSA) is 78.3 Å². The molecule has 0 radical (unpaired) electrons. The maximum absolute atomic E-state index is 10.9. The first-order valence-electron chi connectivity index (χ1n) is 5.39. The highest BCUT2D eigenvalue weighted by molar-refractivity contribution is 6.30. The first-order chi connectivity index (χ1) is 7.91. The van der Waals surface area contributed by atoms with Crippen molar-refractivity contribution in [3.8, 4) is 5.75 Å². The molecule has 0 fully saturated rings. The number of primary amides is 1. The van der Waals surface area contributed by atoms with Crippen LogP contribution in [-0.2, 0) is 4.79 Å². The zero-order valence-electron chi connectivity index (χ0n) is 9.94. The zero-order valence-corrected chi connectivity index (χ0v) is 10.7. The second-order valence-corrected chi connectivity index (χ2v) is 4.52. The quantitative estimate of drug-likeness (QED) is 0.844. The molecule has 1 amide bonds. The van der Waals surface area contributed by atoms with E-state index in [-0.39, 0.29) is 24.5 Å². The molecule has 17 heavy (non-hydrogen) atoms. The van der Waals surface area contributed by atoms with Crippen LogP contribution >= 0.6 is 11.6 Å². The van der Waals surface area contributed by atoms with Crippen molar-refractivity contribution < 1.29 is 9.53 Å². The minimum absolute atomic E-state index is 0.187. The van der Waals surface area contributed by atoms with Crippen molar-refractivity contribution in [2.75, 3.05) is 6.61 Å². The number of carbonyl (C=O) groups excluding carboxylic acids is 1. The van der Waals surface area contributed by atoms with Gasteiger partial charge in [0, 0.05) is 16.6 Å². The highest BCUT2D eigenvalue weighted by Crippen LogP contribution is 2.27. The molecule has 0 aromatic heterocycles. The van der Waals surface area contributed by atoms with E-state index in [4.69, 9.17) is 27.8 Å². The third-order valence-electron chi connectivity index (χ3n) is 2.44. The molecule has 4 nitrogen and oxygen atoms in total. The van der Waals surface area contributed by atoms with Crippen LogP contribution in [0.4, 0.5) is 0 Å². The summed E-state index contributed by atoms with van der Waals surface area (Å²) in [5, 5.41) is 0.604. The molecule has 1 rings (SSSR count). The third-order valence-corrected chi connectivity index (χ3v) is 2.67. The number of rotatable bonds is 5. The van der Waals surface area contributed by atoms with Gasteiger partial charge < -0.3 is 16.2 Å². The van der Waals surface area contributed by atoms with E-state index in [1.165, 1.54) is 0 Å². The summed E-state index contributed by atoms with van der Waals surface area (Å²) in [6.45, 7) is 3.79. The number of nitrogens with two attached hydrogens (primary N) is 2. The molecule has 0 saturated heterocycles. The maximum Gasteiger partial charge on any atom is 0.223 e. The first kappa shape index (κ1) is 13.8. The Kier molecular flexibility index (Phi) is 4.78. The third kappa shape index (κ3) is 3.91. The highest BCUT2D eigenvalue weighted by atomic mass is 35.5. The van der Waals surface area contributed by atoms with Gasteiger partial charge in [-0.05, 0) is 25.1 Å². The van der Waals surface area contributed by atoms with Crippen molar-refractivity contribution in [1.82, 2.24) is 0 Å². The van der Waals surface area contributed by atoms with Gasteiger partial charge in [0.1, 0.15) is 5.75 Å². The Bertz CT molecular complexity index is 407. The van der Waals surface area contributed by atoms with Crippen molar-refractivity contribution in [3.63, 3.8) is 0 Å². The van der Waals surface area contributed by atoms with Crippen molar-refractivity contribution in [3.05, 3.63) is 28.8 Å². The summed E-state index contributed by atoms with van der Waals surface area (Å²) in [4.78, 5) is 10.9. The fourth-order valence-electron chi connectivity index (χ4n) is 1.30. The fourth-order valence-corrected chi connectivity index (χ4v) is 1.48. The number of hydrogen-bond acceptors (Lipinski definition) is 3. The summed E-state index contributed by atoms with van der Waals surface area (Å²) in [7, 11) is 0. The van der Waals surface area contributed by atoms with E-state index in [9.17, 15) is 4.79 Å².